The van der Waals surface area contributed by atoms with Gasteiger partial charge in [0.15, 0.2) is 0 Å². The van der Waals surface area contributed by atoms with Crippen molar-refractivity contribution in [3.05, 3.63) is 24.3 Å². The van der Waals surface area contributed by atoms with E-state index >= 15 is 0 Å². The first-order chi connectivity index (χ1) is 10.0. The molecule has 1 aromatic carbocycles. The van der Waals surface area contributed by atoms with Gasteiger partial charge in [0.25, 0.3) is 0 Å². The Morgan fingerprint density at radius 1 is 1.10 bits per heavy atom. The molecule has 5 nitrogen and oxygen atoms in total. The van der Waals surface area contributed by atoms with E-state index in [-0.39, 0.29) is 0 Å². The number of anilines is 1. The van der Waals surface area contributed by atoms with Crippen molar-refractivity contribution in [1.29, 1.82) is 0 Å². The van der Waals surface area contributed by atoms with Crippen LogP contribution in [0.2, 0.25) is 0 Å². The normalized spacial score (nSPS) is 11.8. The zero-order chi connectivity index (χ0) is 15.7. The third-order valence-electron chi connectivity index (χ3n) is 3.25. The molecule has 21 heavy (non-hydrogen) atoms. The molecule has 0 aliphatic heterocycles. The number of hydrogen-bond donors (Lipinski definition) is 2. The van der Waals surface area contributed by atoms with E-state index in [1.165, 1.54) is 0 Å². The Labute approximate surface area is 128 Å². The third kappa shape index (κ3) is 5.65. The van der Waals surface area contributed by atoms with Crippen LogP contribution < -0.4 is 10.0 Å². The second-order valence-corrected chi connectivity index (χ2v) is 6.59. The van der Waals surface area contributed by atoms with Crippen molar-refractivity contribution in [3.8, 4) is 0 Å². The summed E-state index contributed by atoms with van der Waals surface area (Å²) in [5.41, 5.74) is 0.647. The first-order valence-corrected chi connectivity index (χ1v) is 9.08. The molecule has 0 bridgehead atoms. The van der Waals surface area contributed by atoms with Crippen LogP contribution in [0.15, 0.2) is 29.2 Å². The largest absolute Gasteiger partial charge is 0.384 e. The zero-order valence-electron chi connectivity index (χ0n) is 13.2. The standard InChI is InChI=1S/C15H27N3O2S/c1-4-12-18(6-3)13-11-17-21(19,20)15-10-8-7-9-14(15)16-5-2/h7-10,16-17H,4-6,11-13H2,1-3H3. The van der Waals surface area contributed by atoms with E-state index in [0.717, 1.165) is 26.1 Å². The molecule has 1 rings (SSSR count). The van der Waals surface area contributed by atoms with Crippen molar-refractivity contribution in [2.45, 2.75) is 32.1 Å². The van der Waals surface area contributed by atoms with Crippen LogP contribution in [-0.2, 0) is 10.0 Å². The van der Waals surface area contributed by atoms with Crippen LogP contribution >= 0.6 is 0 Å². The Hall–Kier alpha value is -1.11. The number of sulfonamides is 1. The molecule has 0 saturated carbocycles. The minimum atomic E-state index is -3.47. The molecule has 0 fully saturated rings. The highest BCUT2D eigenvalue weighted by Crippen LogP contribution is 2.20. The summed E-state index contributed by atoms with van der Waals surface area (Å²) < 4.78 is 27.5. The van der Waals surface area contributed by atoms with Crippen LogP contribution in [0, 0.1) is 0 Å². The minimum Gasteiger partial charge on any atom is -0.384 e. The summed E-state index contributed by atoms with van der Waals surface area (Å²) in [5.74, 6) is 0. The summed E-state index contributed by atoms with van der Waals surface area (Å²) in [6, 6.07) is 6.99. The summed E-state index contributed by atoms with van der Waals surface area (Å²) in [6.07, 6.45) is 1.07. The van der Waals surface area contributed by atoms with Crippen molar-refractivity contribution >= 4 is 15.7 Å². The molecule has 0 unspecified atom stereocenters. The van der Waals surface area contributed by atoms with E-state index in [1.54, 1.807) is 18.2 Å². The monoisotopic (exact) mass is 313 g/mol. The van der Waals surface area contributed by atoms with Gasteiger partial charge in [0.2, 0.25) is 10.0 Å². The molecule has 2 N–H and O–H groups in total. The number of likely N-dealkylation sites (N-methyl/N-ethyl adjacent to an activating group) is 1. The number of rotatable bonds is 10. The fourth-order valence-corrected chi connectivity index (χ4v) is 3.40. The Balaban J connectivity index is 2.69. The van der Waals surface area contributed by atoms with Crippen LogP contribution in [0.4, 0.5) is 5.69 Å². The van der Waals surface area contributed by atoms with Crippen LogP contribution in [0.3, 0.4) is 0 Å². The van der Waals surface area contributed by atoms with Gasteiger partial charge >= 0.3 is 0 Å². The molecule has 0 heterocycles. The van der Waals surface area contributed by atoms with Crippen molar-refractivity contribution in [3.63, 3.8) is 0 Å². The Bertz CT molecular complexity index is 517. The highest BCUT2D eigenvalue weighted by molar-refractivity contribution is 7.89. The quantitative estimate of drug-likeness (QED) is 0.695. The molecule has 0 amide bonds. The summed E-state index contributed by atoms with van der Waals surface area (Å²) in [5, 5.41) is 3.08. The van der Waals surface area contributed by atoms with E-state index in [9.17, 15) is 8.42 Å². The van der Waals surface area contributed by atoms with E-state index in [4.69, 9.17) is 0 Å². The van der Waals surface area contributed by atoms with Crippen LogP contribution in [-0.4, -0.2) is 46.0 Å². The summed E-state index contributed by atoms with van der Waals surface area (Å²) >= 11 is 0. The van der Waals surface area contributed by atoms with Gasteiger partial charge in [-0.1, -0.05) is 26.0 Å². The van der Waals surface area contributed by atoms with Crippen molar-refractivity contribution in [2.75, 3.05) is 38.0 Å². The number of nitrogens with one attached hydrogen (secondary N) is 2. The van der Waals surface area contributed by atoms with E-state index in [2.05, 4.69) is 28.8 Å². The lowest BCUT2D eigenvalue weighted by molar-refractivity contribution is 0.293. The fraction of sp³-hybridized carbons (Fsp3) is 0.600. The highest BCUT2D eigenvalue weighted by Gasteiger charge is 2.17. The molecule has 120 valence electrons. The number of hydrogen-bond acceptors (Lipinski definition) is 4. The van der Waals surface area contributed by atoms with Crippen molar-refractivity contribution < 1.29 is 8.42 Å². The number of benzene rings is 1. The van der Waals surface area contributed by atoms with Crippen LogP contribution in [0.5, 0.6) is 0 Å². The maximum Gasteiger partial charge on any atom is 0.242 e. The van der Waals surface area contributed by atoms with Gasteiger partial charge in [-0.05, 0) is 38.6 Å². The van der Waals surface area contributed by atoms with Gasteiger partial charge in [0, 0.05) is 19.6 Å². The smallest absolute Gasteiger partial charge is 0.242 e. The molecule has 0 radical (unpaired) electrons. The second kappa shape index (κ2) is 9.02. The molecular formula is C15H27N3O2S. The molecular weight excluding hydrogens is 286 g/mol. The van der Waals surface area contributed by atoms with Gasteiger partial charge in [0.1, 0.15) is 4.90 Å². The Kier molecular flexibility index (Phi) is 7.71. The zero-order valence-corrected chi connectivity index (χ0v) is 14.0. The van der Waals surface area contributed by atoms with Gasteiger partial charge in [-0.2, -0.15) is 0 Å². The molecule has 0 spiro atoms. The van der Waals surface area contributed by atoms with Gasteiger partial charge in [-0.25, -0.2) is 13.1 Å². The summed E-state index contributed by atoms with van der Waals surface area (Å²) in [6.45, 7) is 9.93. The molecule has 0 aliphatic carbocycles. The van der Waals surface area contributed by atoms with Crippen LogP contribution in [0.1, 0.15) is 27.2 Å². The lowest BCUT2D eigenvalue weighted by atomic mass is 10.3. The van der Waals surface area contributed by atoms with E-state index < -0.39 is 10.0 Å². The molecule has 0 saturated heterocycles. The van der Waals surface area contributed by atoms with E-state index in [1.807, 2.05) is 13.0 Å². The summed E-state index contributed by atoms with van der Waals surface area (Å²) in [4.78, 5) is 2.55. The highest BCUT2D eigenvalue weighted by atomic mass is 32.2. The predicted octanol–water partition coefficient (Wildman–Crippen LogP) is 2.13. The third-order valence-corrected chi connectivity index (χ3v) is 4.77. The molecule has 0 atom stereocenters. The lowest BCUT2D eigenvalue weighted by Crippen LogP contribution is -2.35. The molecule has 6 heteroatoms. The van der Waals surface area contributed by atoms with Gasteiger partial charge in [-0.15, -0.1) is 0 Å². The number of para-hydroxylation sites is 1. The predicted molar refractivity (Wildman–Crippen MR) is 88.2 cm³/mol. The van der Waals surface area contributed by atoms with E-state index in [0.29, 0.717) is 23.7 Å². The fourth-order valence-electron chi connectivity index (χ4n) is 2.20. The maximum absolute atomic E-state index is 12.4. The van der Waals surface area contributed by atoms with Crippen molar-refractivity contribution in [2.24, 2.45) is 0 Å². The topological polar surface area (TPSA) is 61.4 Å². The first-order valence-electron chi connectivity index (χ1n) is 7.60. The number of nitrogens with zero attached hydrogens (tertiary/aromatic N) is 1. The van der Waals surface area contributed by atoms with Gasteiger partial charge in [0.05, 0.1) is 5.69 Å². The van der Waals surface area contributed by atoms with Crippen LogP contribution in [0.25, 0.3) is 0 Å². The maximum atomic E-state index is 12.4. The second-order valence-electron chi connectivity index (χ2n) is 4.86. The average Bonchev–Trinajstić information content (AvgIpc) is 2.47. The average molecular weight is 313 g/mol. The summed E-state index contributed by atoms with van der Waals surface area (Å²) in [7, 11) is -3.47. The minimum absolute atomic E-state index is 0.311. The first kappa shape index (κ1) is 17.9. The Morgan fingerprint density at radius 3 is 2.43 bits per heavy atom. The molecule has 0 aromatic heterocycles. The lowest BCUT2D eigenvalue weighted by Gasteiger charge is -2.20. The SMILES string of the molecule is CCCN(CC)CCNS(=O)(=O)c1ccccc1NCC. The van der Waals surface area contributed by atoms with Gasteiger partial charge in [-0.3, -0.25) is 0 Å². The van der Waals surface area contributed by atoms with Gasteiger partial charge < -0.3 is 10.2 Å². The molecule has 1 aromatic rings. The van der Waals surface area contributed by atoms with Crippen molar-refractivity contribution in [1.82, 2.24) is 9.62 Å². The molecule has 0 aliphatic rings. The Morgan fingerprint density at radius 2 is 1.81 bits per heavy atom.